The number of aliphatic carboxylic acids is 1. The summed E-state index contributed by atoms with van der Waals surface area (Å²) in [5.74, 6) is 0.124. The monoisotopic (exact) mass is 411 g/mol. The summed E-state index contributed by atoms with van der Waals surface area (Å²) in [6, 6.07) is 17.9. The summed E-state index contributed by atoms with van der Waals surface area (Å²) < 4.78 is 5.98. The van der Waals surface area contributed by atoms with Crippen molar-refractivity contribution in [2.24, 2.45) is 5.92 Å². The van der Waals surface area contributed by atoms with Gasteiger partial charge in [0, 0.05) is 18.9 Å². The Labute approximate surface area is 179 Å². The van der Waals surface area contributed by atoms with Gasteiger partial charge in [-0.05, 0) is 56.1 Å². The first-order chi connectivity index (χ1) is 14.5. The third-order valence-electron chi connectivity index (χ3n) is 6.08. The van der Waals surface area contributed by atoms with E-state index in [-0.39, 0.29) is 12.3 Å². The molecule has 0 radical (unpaired) electrons. The minimum atomic E-state index is -0.884. The van der Waals surface area contributed by atoms with Crippen LogP contribution in [0.5, 0.6) is 5.75 Å². The van der Waals surface area contributed by atoms with Crippen LogP contribution < -0.4 is 4.74 Å². The Morgan fingerprint density at radius 3 is 2.73 bits per heavy atom. The Morgan fingerprint density at radius 2 is 1.97 bits per heavy atom. The van der Waals surface area contributed by atoms with Crippen molar-refractivity contribution < 1.29 is 19.7 Å². The molecule has 5 heteroatoms. The van der Waals surface area contributed by atoms with Gasteiger partial charge in [-0.1, -0.05) is 55.3 Å². The normalized spacial score (nSPS) is 21.5. The van der Waals surface area contributed by atoms with Gasteiger partial charge in [-0.15, -0.1) is 0 Å². The highest BCUT2D eigenvalue weighted by molar-refractivity contribution is 5.66. The first-order valence-electron chi connectivity index (χ1n) is 10.9. The number of hydrogen-bond donors (Lipinski definition) is 2. The molecule has 0 aliphatic heterocycles. The van der Waals surface area contributed by atoms with Crippen molar-refractivity contribution in [3.63, 3.8) is 0 Å². The van der Waals surface area contributed by atoms with E-state index in [1.807, 2.05) is 61.6 Å². The van der Waals surface area contributed by atoms with E-state index in [1.165, 1.54) is 0 Å². The first-order valence-corrected chi connectivity index (χ1v) is 10.9. The van der Waals surface area contributed by atoms with E-state index in [9.17, 15) is 9.90 Å². The summed E-state index contributed by atoms with van der Waals surface area (Å²) in [6.45, 7) is 1.97. The van der Waals surface area contributed by atoms with Crippen LogP contribution in [0.2, 0.25) is 0 Å². The molecule has 2 unspecified atom stereocenters. The third-order valence-corrected chi connectivity index (χ3v) is 6.08. The van der Waals surface area contributed by atoms with Gasteiger partial charge in [0.2, 0.25) is 0 Å². The smallest absolute Gasteiger partial charge is 0.303 e. The van der Waals surface area contributed by atoms with Crippen LogP contribution in [-0.2, 0) is 17.0 Å². The Kier molecular flexibility index (Phi) is 7.88. The molecule has 1 aliphatic carbocycles. The molecule has 3 rings (SSSR count). The van der Waals surface area contributed by atoms with Crippen LogP contribution >= 0.6 is 0 Å². The highest BCUT2D eigenvalue weighted by atomic mass is 16.5. The van der Waals surface area contributed by atoms with Gasteiger partial charge in [0.15, 0.2) is 0 Å². The van der Waals surface area contributed by atoms with Gasteiger partial charge in [-0.25, -0.2) is 0 Å². The quantitative estimate of drug-likeness (QED) is 0.605. The topological polar surface area (TPSA) is 70.0 Å². The Balaban J connectivity index is 1.67. The van der Waals surface area contributed by atoms with Crippen LogP contribution in [0, 0.1) is 5.92 Å². The average molecular weight is 412 g/mol. The van der Waals surface area contributed by atoms with Crippen molar-refractivity contribution in [3.05, 3.63) is 65.7 Å². The summed E-state index contributed by atoms with van der Waals surface area (Å²) in [4.78, 5) is 12.9. The number of ether oxygens (including phenoxy) is 1. The van der Waals surface area contributed by atoms with Crippen molar-refractivity contribution in [1.29, 1.82) is 0 Å². The van der Waals surface area contributed by atoms with E-state index in [0.29, 0.717) is 13.0 Å². The summed E-state index contributed by atoms with van der Waals surface area (Å²) in [6.07, 6.45) is 4.63. The average Bonchev–Trinajstić information content (AvgIpc) is 2.75. The van der Waals surface area contributed by atoms with Gasteiger partial charge < -0.3 is 19.8 Å². The van der Waals surface area contributed by atoms with E-state index in [2.05, 4.69) is 4.90 Å². The zero-order chi connectivity index (χ0) is 21.4. The lowest BCUT2D eigenvalue weighted by Crippen LogP contribution is -2.44. The molecule has 1 aliphatic rings. The standard InChI is InChI=1S/C25H33NO4/c1-26(16-8-14-24(27)28)18-22-11-5-6-15-25(22,29)21-12-7-13-23(17-21)30-19-20-9-3-2-4-10-20/h2-4,7,9-10,12-13,17,22,29H,5-6,8,11,14-16,18-19H2,1H3,(H,27,28). The molecular formula is C25H33NO4. The largest absolute Gasteiger partial charge is 0.489 e. The fourth-order valence-electron chi connectivity index (χ4n) is 4.41. The van der Waals surface area contributed by atoms with Crippen LogP contribution in [-0.4, -0.2) is 41.2 Å². The number of benzene rings is 2. The fourth-order valence-corrected chi connectivity index (χ4v) is 4.41. The maximum Gasteiger partial charge on any atom is 0.303 e. The van der Waals surface area contributed by atoms with Crippen LogP contribution in [0.3, 0.4) is 0 Å². The molecule has 2 atom stereocenters. The molecular weight excluding hydrogens is 378 g/mol. The van der Waals surface area contributed by atoms with Gasteiger partial charge in [0.1, 0.15) is 12.4 Å². The van der Waals surface area contributed by atoms with Crippen molar-refractivity contribution in [3.8, 4) is 5.75 Å². The van der Waals surface area contributed by atoms with Gasteiger partial charge >= 0.3 is 5.97 Å². The van der Waals surface area contributed by atoms with E-state index in [4.69, 9.17) is 9.84 Å². The molecule has 2 aromatic rings. The number of carboxylic acid groups (broad SMARTS) is 1. The van der Waals surface area contributed by atoms with Crippen molar-refractivity contribution >= 4 is 5.97 Å². The highest BCUT2D eigenvalue weighted by Crippen LogP contribution is 2.43. The lowest BCUT2D eigenvalue weighted by molar-refractivity contribution is -0.137. The number of carboxylic acids is 1. The highest BCUT2D eigenvalue weighted by Gasteiger charge is 2.40. The minimum absolute atomic E-state index is 0.116. The molecule has 0 aromatic heterocycles. The molecule has 1 fully saturated rings. The second-order valence-corrected chi connectivity index (χ2v) is 8.43. The summed E-state index contributed by atoms with van der Waals surface area (Å²) in [5.41, 5.74) is 1.14. The SMILES string of the molecule is CN(CCCC(=O)O)CC1CCCCC1(O)c1cccc(OCc2ccccc2)c1. The zero-order valence-corrected chi connectivity index (χ0v) is 17.8. The summed E-state index contributed by atoms with van der Waals surface area (Å²) in [5, 5.41) is 20.5. The molecule has 0 bridgehead atoms. The number of hydrogen-bond acceptors (Lipinski definition) is 4. The lowest BCUT2D eigenvalue weighted by atomic mass is 9.71. The molecule has 0 saturated heterocycles. The number of nitrogens with zero attached hydrogens (tertiary/aromatic N) is 1. The lowest BCUT2D eigenvalue weighted by Gasteiger charge is -2.42. The molecule has 1 saturated carbocycles. The number of aliphatic hydroxyl groups is 1. The predicted molar refractivity (Wildman–Crippen MR) is 117 cm³/mol. The molecule has 2 N–H and O–H groups in total. The van der Waals surface area contributed by atoms with Crippen molar-refractivity contribution in [2.75, 3.05) is 20.1 Å². The Bertz CT molecular complexity index is 810. The van der Waals surface area contributed by atoms with Gasteiger partial charge in [0.05, 0.1) is 5.60 Å². The second-order valence-electron chi connectivity index (χ2n) is 8.43. The second kappa shape index (κ2) is 10.6. The van der Waals surface area contributed by atoms with Gasteiger partial charge in [-0.3, -0.25) is 4.79 Å². The molecule has 162 valence electrons. The van der Waals surface area contributed by atoms with Crippen LogP contribution in [0.15, 0.2) is 54.6 Å². The van der Waals surface area contributed by atoms with E-state index in [0.717, 1.165) is 55.6 Å². The maximum atomic E-state index is 11.7. The third kappa shape index (κ3) is 6.07. The number of carbonyl (C=O) groups is 1. The van der Waals surface area contributed by atoms with E-state index >= 15 is 0 Å². The summed E-state index contributed by atoms with van der Waals surface area (Å²) >= 11 is 0. The Morgan fingerprint density at radius 1 is 1.17 bits per heavy atom. The van der Waals surface area contributed by atoms with Crippen LogP contribution in [0.25, 0.3) is 0 Å². The molecule has 5 nitrogen and oxygen atoms in total. The molecule has 0 spiro atoms. The maximum absolute atomic E-state index is 11.7. The van der Waals surface area contributed by atoms with Gasteiger partial charge in [0.25, 0.3) is 0 Å². The van der Waals surface area contributed by atoms with Crippen molar-refractivity contribution in [1.82, 2.24) is 4.90 Å². The molecule has 2 aromatic carbocycles. The van der Waals surface area contributed by atoms with Crippen LogP contribution in [0.1, 0.15) is 49.7 Å². The van der Waals surface area contributed by atoms with E-state index in [1.54, 1.807) is 0 Å². The molecule has 0 heterocycles. The Hall–Kier alpha value is -2.37. The first kappa shape index (κ1) is 22.3. The molecule has 0 amide bonds. The van der Waals surface area contributed by atoms with Crippen molar-refractivity contribution in [2.45, 2.75) is 50.7 Å². The van der Waals surface area contributed by atoms with E-state index < -0.39 is 11.6 Å². The van der Waals surface area contributed by atoms with Crippen LogP contribution in [0.4, 0.5) is 0 Å². The fraction of sp³-hybridized carbons (Fsp3) is 0.480. The zero-order valence-electron chi connectivity index (χ0n) is 17.8. The minimum Gasteiger partial charge on any atom is -0.489 e. The summed E-state index contributed by atoms with van der Waals surface area (Å²) in [7, 11) is 2.01. The van der Waals surface area contributed by atoms with Gasteiger partial charge in [-0.2, -0.15) is 0 Å². The number of rotatable bonds is 10. The predicted octanol–water partition coefficient (Wildman–Crippen LogP) is 4.44. The molecule has 30 heavy (non-hydrogen) atoms.